The van der Waals surface area contributed by atoms with Crippen molar-refractivity contribution in [3.05, 3.63) is 0 Å². The molecule has 0 saturated carbocycles. The fourth-order valence-electron chi connectivity index (χ4n) is 2.12. The van der Waals surface area contributed by atoms with E-state index in [1.807, 2.05) is 0 Å². The summed E-state index contributed by atoms with van der Waals surface area (Å²) in [4.78, 5) is 4.84. The molecule has 0 amide bonds. The molecule has 0 radical (unpaired) electrons. The molecule has 20 heavy (non-hydrogen) atoms. The van der Waals surface area contributed by atoms with Gasteiger partial charge in [0.1, 0.15) is 0 Å². The second kappa shape index (κ2) is 11.5. The first-order valence-corrected chi connectivity index (χ1v) is 7.95. The van der Waals surface area contributed by atoms with Crippen LogP contribution in [0.5, 0.6) is 0 Å². The van der Waals surface area contributed by atoms with Gasteiger partial charge in [0.2, 0.25) is 0 Å². The zero-order valence-electron chi connectivity index (χ0n) is 13.6. The third-order valence-corrected chi connectivity index (χ3v) is 3.50. The van der Waals surface area contributed by atoms with Crippen molar-refractivity contribution in [3.8, 4) is 0 Å². The second-order valence-corrected chi connectivity index (χ2v) is 5.97. The average Bonchev–Trinajstić information content (AvgIpc) is 2.42. The van der Waals surface area contributed by atoms with Gasteiger partial charge in [-0.2, -0.15) is 0 Å². The van der Waals surface area contributed by atoms with Gasteiger partial charge in [-0.3, -0.25) is 4.90 Å². The number of piperazine rings is 1. The largest absolute Gasteiger partial charge is 0.378 e. The number of nitrogens with one attached hydrogen (secondary N) is 1. The van der Waals surface area contributed by atoms with Crippen LogP contribution in [0.15, 0.2) is 0 Å². The van der Waals surface area contributed by atoms with E-state index in [2.05, 4.69) is 36.0 Å². The maximum absolute atomic E-state index is 5.61. The highest BCUT2D eigenvalue weighted by Gasteiger charge is 2.12. The van der Waals surface area contributed by atoms with E-state index in [1.165, 1.54) is 13.1 Å². The van der Waals surface area contributed by atoms with Crippen LogP contribution in [0.2, 0.25) is 0 Å². The molecule has 1 rings (SSSR count). The molecule has 5 heteroatoms. The molecule has 1 aliphatic rings. The summed E-state index contributed by atoms with van der Waals surface area (Å²) < 4.78 is 11.1. The van der Waals surface area contributed by atoms with Gasteiger partial charge in [-0.15, -0.1) is 0 Å². The maximum atomic E-state index is 5.61. The van der Waals surface area contributed by atoms with Crippen LogP contribution in [0.4, 0.5) is 0 Å². The van der Waals surface area contributed by atoms with Crippen molar-refractivity contribution in [3.63, 3.8) is 0 Å². The van der Waals surface area contributed by atoms with Crippen LogP contribution in [0.25, 0.3) is 0 Å². The van der Waals surface area contributed by atoms with E-state index in [4.69, 9.17) is 9.47 Å². The molecule has 120 valence electrons. The first-order valence-electron chi connectivity index (χ1n) is 7.95. The van der Waals surface area contributed by atoms with Gasteiger partial charge < -0.3 is 19.7 Å². The highest BCUT2D eigenvalue weighted by molar-refractivity contribution is 4.68. The standard InChI is InChI=1S/C15H33N3O2/c1-15(2)14-16-4-10-19-12-13-20-11-9-18-7-5-17(3)6-8-18/h15-16H,4-14H2,1-3H3. The lowest BCUT2D eigenvalue weighted by molar-refractivity contribution is 0.0339. The van der Waals surface area contributed by atoms with Crippen molar-refractivity contribution in [1.82, 2.24) is 15.1 Å². The molecule has 0 unspecified atom stereocenters. The fourth-order valence-corrected chi connectivity index (χ4v) is 2.12. The van der Waals surface area contributed by atoms with E-state index in [1.54, 1.807) is 0 Å². The Balaban J connectivity index is 1.76. The van der Waals surface area contributed by atoms with Crippen LogP contribution in [-0.2, 0) is 9.47 Å². The van der Waals surface area contributed by atoms with E-state index in [0.29, 0.717) is 19.1 Å². The summed E-state index contributed by atoms with van der Waals surface area (Å²) in [5, 5.41) is 3.36. The smallest absolute Gasteiger partial charge is 0.0701 e. The van der Waals surface area contributed by atoms with Crippen molar-refractivity contribution in [1.29, 1.82) is 0 Å². The number of ether oxygens (including phenoxy) is 2. The SMILES string of the molecule is CC(C)CNCCOCCOCCN1CCN(C)CC1. The van der Waals surface area contributed by atoms with Gasteiger partial charge in [-0.1, -0.05) is 13.8 Å². The van der Waals surface area contributed by atoms with E-state index < -0.39 is 0 Å². The quantitative estimate of drug-likeness (QED) is 0.561. The zero-order valence-corrected chi connectivity index (χ0v) is 13.6. The lowest BCUT2D eigenvalue weighted by atomic mass is 10.2. The van der Waals surface area contributed by atoms with Crippen LogP contribution in [0, 0.1) is 5.92 Å². The van der Waals surface area contributed by atoms with Crippen LogP contribution in [0.3, 0.4) is 0 Å². The molecule has 1 fully saturated rings. The molecule has 0 aromatic carbocycles. The topological polar surface area (TPSA) is 37.0 Å². The van der Waals surface area contributed by atoms with Crippen LogP contribution in [0.1, 0.15) is 13.8 Å². The van der Waals surface area contributed by atoms with Crippen molar-refractivity contribution in [2.45, 2.75) is 13.8 Å². The molecule has 0 aromatic heterocycles. The minimum atomic E-state index is 0.700. The Morgan fingerprint density at radius 1 is 0.950 bits per heavy atom. The maximum Gasteiger partial charge on any atom is 0.0701 e. The van der Waals surface area contributed by atoms with E-state index in [9.17, 15) is 0 Å². The molecule has 0 bridgehead atoms. The number of hydrogen-bond donors (Lipinski definition) is 1. The molecule has 1 heterocycles. The van der Waals surface area contributed by atoms with Gasteiger partial charge >= 0.3 is 0 Å². The summed E-state index contributed by atoms with van der Waals surface area (Å²) in [6, 6.07) is 0. The van der Waals surface area contributed by atoms with Crippen molar-refractivity contribution < 1.29 is 9.47 Å². The first kappa shape index (κ1) is 17.9. The number of nitrogens with zero attached hydrogens (tertiary/aromatic N) is 2. The van der Waals surface area contributed by atoms with E-state index >= 15 is 0 Å². The summed E-state index contributed by atoms with van der Waals surface area (Å²) >= 11 is 0. The Hall–Kier alpha value is -0.200. The monoisotopic (exact) mass is 287 g/mol. The summed E-state index contributed by atoms with van der Waals surface area (Å²) in [7, 11) is 2.18. The summed E-state index contributed by atoms with van der Waals surface area (Å²) in [5.74, 6) is 0.702. The normalized spacial score (nSPS) is 18.0. The second-order valence-electron chi connectivity index (χ2n) is 5.97. The van der Waals surface area contributed by atoms with Gasteiger partial charge in [-0.25, -0.2) is 0 Å². The van der Waals surface area contributed by atoms with E-state index in [-0.39, 0.29) is 0 Å². The van der Waals surface area contributed by atoms with Gasteiger partial charge in [-0.05, 0) is 19.5 Å². The minimum Gasteiger partial charge on any atom is -0.378 e. The zero-order chi connectivity index (χ0) is 14.6. The molecule has 0 spiro atoms. The highest BCUT2D eigenvalue weighted by Crippen LogP contribution is 1.98. The van der Waals surface area contributed by atoms with Crippen molar-refractivity contribution in [2.24, 2.45) is 5.92 Å². The number of hydrogen-bond acceptors (Lipinski definition) is 5. The number of rotatable bonds is 11. The molecular formula is C15H33N3O2. The Morgan fingerprint density at radius 2 is 1.60 bits per heavy atom. The lowest BCUT2D eigenvalue weighted by Gasteiger charge is -2.32. The third kappa shape index (κ3) is 9.66. The lowest BCUT2D eigenvalue weighted by Crippen LogP contribution is -2.45. The Morgan fingerprint density at radius 3 is 2.25 bits per heavy atom. The van der Waals surface area contributed by atoms with Gasteiger partial charge in [0.15, 0.2) is 0 Å². The number of likely N-dealkylation sites (N-methyl/N-ethyl adjacent to an activating group) is 1. The summed E-state index contributed by atoms with van der Waals surface area (Å²) in [5.41, 5.74) is 0. The Kier molecular flexibility index (Phi) is 10.2. The Labute approximate surface area is 124 Å². The van der Waals surface area contributed by atoms with E-state index in [0.717, 1.165) is 45.9 Å². The van der Waals surface area contributed by atoms with Gasteiger partial charge in [0.05, 0.1) is 26.4 Å². The van der Waals surface area contributed by atoms with Gasteiger partial charge in [0.25, 0.3) is 0 Å². The van der Waals surface area contributed by atoms with Crippen LogP contribution >= 0.6 is 0 Å². The average molecular weight is 287 g/mol. The van der Waals surface area contributed by atoms with Crippen molar-refractivity contribution >= 4 is 0 Å². The van der Waals surface area contributed by atoms with Gasteiger partial charge in [0, 0.05) is 39.3 Å². The molecule has 5 nitrogen and oxygen atoms in total. The minimum absolute atomic E-state index is 0.700. The third-order valence-electron chi connectivity index (χ3n) is 3.50. The summed E-state index contributed by atoms with van der Waals surface area (Å²) in [6.07, 6.45) is 0. The fraction of sp³-hybridized carbons (Fsp3) is 1.00. The van der Waals surface area contributed by atoms with Crippen LogP contribution in [-0.4, -0.2) is 89.1 Å². The predicted molar refractivity (Wildman–Crippen MR) is 83.3 cm³/mol. The predicted octanol–water partition coefficient (Wildman–Crippen LogP) is 0.513. The molecule has 1 N–H and O–H groups in total. The summed E-state index contributed by atoms with van der Waals surface area (Å²) in [6.45, 7) is 15.1. The molecule has 0 aromatic rings. The van der Waals surface area contributed by atoms with Crippen LogP contribution < -0.4 is 5.32 Å². The molecule has 1 aliphatic heterocycles. The molecule has 0 atom stereocenters. The molecular weight excluding hydrogens is 254 g/mol. The first-order chi connectivity index (χ1) is 9.68. The molecule has 1 saturated heterocycles. The Bertz CT molecular complexity index is 219. The van der Waals surface area contributed by atoms with Crippen molar-refractivity contribution in [2.75, 3.05) is 79.3 Å². The highest BCUT2D eigenvalue weighted by atomic mass is 16.5. The molecule has 0 aliphatic carbocycles.